The lowest BCUT2D eigenvalue weighted by Crippen LogP contribution is -2.45. The number of nitrogens with one attached hydrogen (secondary N) is 1. The molecule has 0 radical (unpaired) electrons. The van der Waals surface area contributed by atoms with Crippen LogP contribution in [0.2, 0.25) is 0 Å². The van der Waals surface area contributed by atoms with E-state index >= 15 is 0 Å². The molecule has 72 heavy (non-hydrogen) atoms. The van der Waals surface area contributed by atoms with Crippen LogP contribution in [0.25, 0.3) is 0 Å². The van der Waals surface area contributed by atoms with Crippen LogP contribution in [0.5, 0.6) is 0 Å². The molecule has 0 aliphatic heterocycles. The van der Waals surface area contributed by atoms with Crippen LogP contribution in [0.15, 0.2) is 122 Å². The Bertz CT molecular complexity index is 1580. The Morgan fingerprint density at radius 1 is 0.486 bits per heavy atom. The number of aliphatic hydroxyl groups excluding tert-OH is 1. The van der Waals surface area contributed by atoms with Crippen molar-refractivity contribution < 1.29 is 32.9 Å². The normalized spacial score (nSPS) is 14.8. The van der Waals surface area contributed by atoms with Gasteiger partial charge in [-0.15, -0.1) is 0 Å². The summed E-state index contributed by atoms with van der Waals surface area (Å²) in [6.07, 6.45) is 78.7. The summed E-state index contributed by atoms with van der Waals surface area (Å²) in [6, 6.07) is -0.886. The molecule has 9 heteroatoms. The number of likely N-dealkylation sites (N-methyl/N-ethyl adjacent to an activating group) is 1. The second-order valence-electron chi connectivity index (χ2n) is 20.3. The first-order valence-electron chi connectivity index (χ1n) is 28.9. The highest BCUT2D eigenvalue weighted by Gasteiger charge is 2.27. The van der Waals surface area contributed by atoms with Gasteiger partial charge in [0, 0.05) is 6.42 Å². The van der Waals surface area contributed by atoms with Crippen molar-refractivity contribution in [2.24, 2.45) is 0 Å². The largest absolute Gasteiger partial charge is 0.472 e. The number of aliphatic hydroxyl groups is 1. The molecular formula is C63H110N2O6P+. The molecule has 0 aliphatic carbocycles. The maximum Gasteiger partial charge on any atom is 0.472 e. The second kappa shape index (κ2) is 52.8. The van der Waals surface area contributed by atoms with E-state index in [0.717, 1.165) is 103 Å². The summed E-state index contributed by atoms with van der Waals surface area (Å²) in [5.41, 5.74) is 0. The topological polar surface area (TPSA) is 105 Å². The fraction of sp³-hybridized carbons (Fsp3) is 0.667. The molecule has 0 spiro atoms. The number of nitrogens with zero attached hydrogens (tertiary/aromatic N) is 1. The van der Waals surface area contributed by atoms with Gasteiger partial charge in [0.15, 0.2) is 0 Å². The van der Waals surface area contributed by atoms with Crippen molar-refractivity contribution in [3.63, 3.8) is 0 Å². The van der Waals surface area contributed by atoms with E-state index < -0.39 is 20.0 Å². The highest BCUT2D eigenvalue weighted by Crippen LogP contribution is 2.43. The van der Waals surface area contributed by atoms with Crippen LogP contribution in [0.1, 0.15) is 219 Å². The average molecular weight is 1020 g/mol. The van der Waals surface area contributed by atoms with Crippen molar-refractivity contribution in [3.05, 3.63) is 122 Å². The summed E-state index contributed by atoms with van der Waals surface area (Å²) in [7, 11) is 1.52. The number of allylic oxidation sites excluding steroid dienone is 19. The molecule has 3 unspecified atom stereocenters. The van der Waals surface area contributed by atoms with Gasteiger partial charge in [-0.3, -0.25) is 13.8 Å². The second-order valence-corrected chi connectivity index (χ2v) is 21.7. The Labute approximate surface area is 444 Å². The lowest BCUT2D eigenvalue weighted by molar-refractivity contribution is -0.870. The van der Waals surface area contributed by atoms with Gasteiger partial charge in [-0.1, -0.05) is 232 Å². The summed E-state index contributed by atoms with van der Waals surface area (Å²) in [4.78, 5) is 23.3. The van der Waals surface area contributed by atoms with E-state index in [9.17, 15) is 19.4 Å². The van der Waals surface area contributed by atoms with E-state index in [2.05, 4.69) is 129 Å². The zero-order chi connectivity index (χ0) is 52.7. The Morgan fingerprint density at radius 3 is 1.28 bits per heavy atom. The van der Waals surface area contributed by atoms with Gasteiger partial charge in [-0.2, -0.15) is 0 Å². The first kappa shape index (κ1) is 68.9. The van der Waals surface area contributed by atoms with Crippen molar-refractivity contribution in [3.8, 4) is 0 Å². The summed E-state index contributed by atoms with van der Waals surface area (Å²) in [5, 5.41) is 13.9. The smallest absolute Gasteiger partial charge is 0.387 e. The van der Waals surface area contributed by atoms with Gasteiger partial charge in [-0.25, -0.2) is 4.57 Å². The van der Waals surface area contributed by atoms with Gasteiger partial charge in [0.05, 0.1) is 39.9 Å². The number of phosphoric ester groups is 1. The molecule has 0 aromatic rings. The molecule has 0 bridgehead atoms. The highest BCUT2D eigenvalue weighted by atomic mass is 31.2. The van der Waals surface area contributed by atoms with Crippen molar-refractivity contribution in [1.82, 2.24) is 5.32 Å². The first-order valence-corrected chi connectivity index (χ1v) is 30.4. The number of hydrogen-bond donors (Lipinski definition) is 3. The van der Waals surface area contributed by atoms with Gasteiger partial charge < -0.3 is 19.8 Å². The monoisotopic (exact) mass is 1020 g/mol. The lowest BCUT2D eigenvalue weighted by atomic mass is 10.1. The highest BCUT2D eigenvalue weighted by molar-refractivity contribution is 7.47. The van der Waals surface area contributed by atoms with Gasteiger partial charge in [-0.05, 0) is 103 Å². The Balaban J connectivity index is 4.35. The van der Waals surface area contributed by atoms with E-state index in [1.165, 1.54) is 96.3 Å². The quantitative estimate of drug-likeness (QED) is 0.0243. The molecule has 8 nitrogen and oxygen atoms in total. The van der Waals surface area contributed by atoms with Crippen LogP contribution >= 0.6 is 7.82 Å². The minimum Gasteiger partial charge on any atom is -0.387 e. The van der Waals surface area contributed by atoms with Crippen LogP contribution in [0, 0.1) is 0 Å². The van der Waals surface area contributed by atoms with E-state index in [-0.39, 0.29) is 19.1 Å². The van der Waals surface area contributed by atoms with Gasteiger partial charge in [0.1, 0.15) is 13.2 Å². The van der Waals surface area contributed by atoms with E-state index in [4.69, 9.17) is 9.05 Å². The average Bonchev–Trinajstić information content (AvgIpc) is 3.34. The maximum absolute atomic E-state index is 13.0. The number of unbranched alkanes of at least 4 members (excludes halogenated alkanes) is 20. The van der Waals surface area contributed by atoms with Crippen molar-refractivity contribution in [2.75, 3.05) is 40.9 Å². The molecule has 0 aliphatic rings. The van der Waals surface area contributed by atoms with Gasteiger partial charge >= 0.3 is 7.82 Å². The summed E-state index contributed by atoms with van der Waals surface area (Å²) >= 11 is 0. The van der Waals surface area contributed by atoms with Crippen LogP contribution < -0.4 is 5.32 Å². The predicted octanol–water partition coefficient (Wildman–Crippen LogP) is 17.8. The fourth-order valence-electron chi connectivity index (χ4n) is 7.64. The zero-order valence-corrected chi connectivity index (χ0v) is 47.8. The van der Waals surface area contributed by atoms with Crippen LogP contribution in [-0.2, 0) is 18.4 Å². The summed E-state index contributed by atoms with van der Waals surface area (Å²) < 4.78 is 23.7. The zero-order valence-electron chi connectivity index (χ0n) is 46.9. The van der Waals surface area contributed by atoms with Crippen molar-refractivity contribution >= 4 is 13.7 Å². The Hall–Kier alpha value is -3.10. The third kappa shape index (κ3) is 54.7. The number of carbonyl (C=O) groups excluding carboxylic acids is 1. The van der Waals surface area contributed by atoms with Crippen molar-refractivity contribution in [1.29, 1.82) is 0 Å². The molecule has 0 heterocycles. The molecule has 1 amide bonds. The Kier molecular flexibility index (Phi) is 50.5. The third-order valence-electron chi connectivity index (χ3n) is 12.1. The predicted molar refractivity (Wildman–Crippen MR) is 313 cm³/mol. The number of hydrogen-bond acceptors (Lipinski definition) is 5. The van der Waals surface area contributed by atoms with E-state index in [1.54, 1.807) is 6.08 Å². The molecular weight excluding hydrogens is 912 g/mol. The number of carbonyl (C=O) groups is 1. The molecule has 0 aromatic carbocycles. The van der Waals surface area contributed by atoms with Gasteiger partial charge in [0.25, 0.3) is 0 Å². The van der Waals surface area contributed by atoms with Gasteiger partial charge in [0.2, 0.25) is 5.91 Å². The number of rotatable bonds is 51. The summed E-state index contributed by atoms with van der Waals surface area (Å²) in [5.74, 6) is -0.207. The number of amides is 1. The lowest BCUT2D eigenvalue weighted by Gasteiger charge is -2.25. The third-order valence-corrected chi connectivity index (χ3v) is 13.1. The fourth-order valence-corrected chi connectivity index (χ4v) is 8.38. The van der Waals surface area contributed by atoms with E-state index in [1.807, 2.05) is 27.2 Å². The van der Waals surface area contributed by atoms with Crippen LogP contribution in [0.4, 0.5) is 0 Å². The summed E-state index contributed by atoms with van der Waals surface area (Å²) in [6.45, 7) is 4.65. The first-order chi connectivity index (χ1) is 35.0. The number of phosphoric acid groups is 1. The minimum atomic E-state index is -4.37. The van der Waals surface area contributed by atoms with Crippen LogP contribution in [0.3, 0.4) is 0 Å². The van der Waals surface area contributed by atoms with Crippen molar-refractivity contribution in [2.45, 2.75) is 231 Å². The standard InChI is InChI=1S/C63H109N2O6P/c1-6-8-10-12-14-16-18-20-22-24-26-28-29-30-31-32-33-34-35-37-39-41-43-45-47-49-51-53-55-57-63(67)64-61(60-71-72(68,69)70-59-58-65(3,4)5)62(66)56-54-52-50-48-46-44-42-40-38-36-27-25-23-21-19-17-15-13-11-9-7-2/h8,10,14,16,20,22,26,28,30-31,33-34,37-40,46,48,54,56,61-62,66H,6-7,9,11-13,15,17-19,21,23-25,27,29,32,35-36,41-45,47,49-53,55,57-60H2,1-5H3,(H-,64,67,68,69)/p+1/b10-8-,16-14-,22-20-,28-26-,31-30-,34-33-,39-37-,40-38+,48-46+,56-54+. The van der Waals surface area contributed by atoms with E-state index in [0.29, 0.717) is 17.4 Å². The molecule has 3 N–H and O–H groups in total. The number of quaternary nitrogens is 1. The minimum absolute atomic E-state index is 0.0444. The molecule has 0 saturated heterocycles. The molecule has 0 saturated carbocycles. The molecule has 3 atom stereocenters. The maximum atomic E-state index is 13.0. The Morgan fingerprint density at radius 2 is 0.847 bits per heavy atom. The van der Waals surface area contributed by atoms with Crippen LogP contribution in [-0.4, -0.2) is 73.4 Å². The molecule has 412 valence electrons. The SMILES string of the molecule is CC/C=C\C/C=C\C/C=C\C/C=C\C/C=C\C/C=C\C/C=C\CCCCCCCCCC(=O)NC(COP(=O)(O)OCC[N+](C)(C)C)C(O)/C=C/CC/C=C/CC/C=C/CCCCCCCCCCCCC. The molecule has 0 fully saturated rings. The molecule has 0 aromatic heterocycles. The molecule has 0 rings (SSSR count).